The lowest BCUT2D eigenvalue weighted by Gasteiger charge is -2.27. The molecule has 2 N–H and O–H groups in total. The number of hydrogen-bond acceptors (Lipinski definition) is 3. The van der Waals surface area contributed by atoms with Gasteiger partial charge in [0, 0.05) is 25.4 Å². The molecule has 0 radical (unpaired) electrons. The molecule has 0 atom stereocenters. The zero-order valence-electron chi connectivity index (χ0n) is 10.3. The van der Waals surface area contributed by atoms with Crippen LogP contribution >= 0.6 is 12.2 Å². The van der Waals surface area contributed by atoms with Crippen molar-refractivity contribution in [1.82, 2.24) is 4.98 Å². The molecule has 0 spiro atoms. The molecule has 0 aliphatic carbocycles. The quantitative estimate of drug-likeness (QED) is 0.818. The van der Waals surface area contributed by atoms with Crippen molar-refractivity contribution in [3.63, 3.8) is 0 Å². The van der Waals surface area contributed by atoms with Crippen molar-refractivity contribution in [2.75, 3.05) is 18.5 Å². The van der Waals surface area contributed by atoms with Crippen LogP contribution in [0.1, 0.15) is 26.3 Å². The van der Waals surface area contributed by atoms with Crippen molar-refractivity contribution >= 4 is 23.0 Å². The molecule has 1 heterocycles. The van der Waals surface area contributed by atoms with Crippen LogP contribution in [0.3, 0.4) is 0 Å². The van der Waals surface area contributed by atoms with Crippen LogP contribution < -0.4 is 10.6 Å². The van der Waals surface area contributed by atoms with E-state index < -0.39 is 0 Å². The van der Waals surface area contributed by atoms with E-state index >= 15 is 0 Å². The van der Waals surface area contributed by atoms with Crippen molar-refractivity contribution in [2.45, 2.75) is 20.8 Å². The van der Waals surface area contributed by atoms with E-state index in [1.54, 1.807) is 6.20 Å². The molecule has 0 bridgehead atoms. The molecule has 88 valence electrons. The highest BCUT2D eigenvalue weighted by molar-refractivity contribution is 7.80. The van der Waals surface area contributed by atoms with E-state index in [1.165, 1.54) is 0 Å². The van der Waals surface area contributed by atoms with Gasteiger partial charge in [0.1, 0.15) is 10.8 Å². The highest BCUT2D eigenvalue weighted by Crippen LogP contribution is 2.18. The third kappa shape index (κ3) is 3.77. The Hall–Kier alpha value is -1.16. The van der Waals surface area contributed by atoms with E-state index in [-0.39, 0.29) is 5.41 Å². The Morgan fingerprint density at radius 3 is 2.44 bits per heavy atom. The third-order valence-electron chi connectivity index (χ3n) is 2.13. The van der Waals surface area contributed by atoms with Gasteiger partial charge < -0.3 is 10.6 Å². The Balaban J connectivity index is 2.78. The lowest BCUT2D eigenvalue weighted by atomic mass is 9.96. The van der Waals surface area contributed by atoms with Gasteiger partial charge in [0.05, 0.1) is 0 Å². The van der Waals surface area contributed by atoms with Crippen molar-refractivity contribution in [1.29, 1.82) is 0 Å². The van der Waals surface area contributed by atoms with Crippen LogP contribution in [0.25, 0.3) is 0 Å². The fourth-order valence-corrected chi connectivity index (χ4v) is 1.67. The van der Waals surface area contributed by atoms with E-state index in [0.29, 0.717) is 4.99 Å². The molecule has 1 aromatic rings. The van der Waals surface area contributed by atoms with Crippen molar-refractivity contribution in [2.24, 2.45) is 11.1 Å². The number of hydrogen-bond donors (Lipinski definition) is 1. The molecule has 1 rings (SSSR count). The van der Waals surface area contributed by atoms with Crippen LogP contribution in [0.5, 0.6) is 0 Å². The van der Waals surface area contributed by atoms with Gasteiger partial charge in [-0.25, -0.2) is 4.98 Å². The van der Waals surface area contributed by atoms with E-state index in [4.69, 9.17) is 18.0 Å². The average molecular weight is 237 g/mol. The van der Waals surface area contributed by atoms with Gasteiger partial charge in [-0.1, -0.05) is 33.0 Å². The smallest absolute Gasteiger partial charge is 0.128 e. The Labute approximate surface area is 103 Å². The van der Waals surface area contributed by atoms with Crippen LogP contribution in [0.4, 0.5) is 5.82 Å². The zero-order valence-corrected chi connectivity index (χ0v) is 11.1. The highest BCUT2D eigenvalue weighted by atomic mass is 32.1. The molecule has 0 unspecified atom stereocenters. The monoisotopic (exact) mass is 237 g/mol. The topological polar surface area (TPSA) is 42.1 Å². The second-order valence-corrected chi connectivity index (χ2v) is 5.63. The Morgan fingerprint density at radius 2 is 2.06 bits per heavy atom. The number of nitrogens with zero attached hydrogens (tertiary/aromatic N) is 2. The van der Waals surface area contributed by atoms with Gasteiger partial charge in [0.15, 0.2) is 0 Å². The van der Waals surface area contributed by atoms with Crippen molar-refractivity contribution in [3.05, 3.63) is 23.9 Å². The van der Waals surface area contributed by atoms with Crippen LogP contribution in [-0.2, 0) is 0 Å². The first-order valence-electron chi connectivity index (χ1n) is 5.26. The third-order valence-corrected chi connectivity index (χ3v) is 2.37. The lowest BCUT2D eigenvalue weighted by molar-refractivity contribution is 0.418. The minimum absolute atomic E-state index is 0.248. The average Bonchev–Trinajstić information content (AvgIpc) is 2.15. The first-order chi connectivity index (χ1) is 7.29. The van der Waals surface area contributed by atoms with Crippen molar-refractivity contribution in [3.8, 4) is 0 Å². The van der Waals surface area contributed by atoms with Gasteiger partial charge >= 0.3 is 0 Å². The first kappa shape index (κ1) is 12.9. The molecule has 0 saturated carbocycles. The molecule has 0 saturated heterocycles. The summed E-state index contributed by atoms with van der Waals surface area (Å²) in [5.41, 5.74) is 6.58. The molecular formula is C12H19N3S. The van der Waals surface area contributed by atoms with Crippen LogP contribution in [0.15, 0.2) is 18.3 Å². The van der Waals surface area contributed by atoms with Gasteiger partial charge in [0.25, 0.3) is 0 Å². The second-order valence-electron chi connectivity index (χ2n) is 5.19. The molecule has 0 aliphatic heterocycles. The van der Waals surface area contributed by atoms with Gasteiger partial charge in [-0.05, 0) is 17.5 Å². The zero-order chi connectivity index (χ0) is 12.3. The molecule has 0 aliphatic rings. The van der Waals surface area contributed by atoms with E-state index in [1.807, 2.05) is 19.2 Å². The predicted molar refractivity (Wildman–Crippen MR) is 72.8 cm³/mol. The summed E-state index contributed by atoms with van der Waals surface area (Å²) >= 11 is 4.88. The fraction of sp³-hybridized carbons (Fsp3) is 0.500. The number of thiocarbonyl (C=S) groups is 1. The number of aromatic nitrogens is 1. The molecule has 3 nitrogen and oxygen atoms in total. The maximum absolute atomic E-state index is 5.52. The van der Waals surface area contributed by atoms with Gasteiger partial charge in [-0.3, -0.25) is 0 Å². The summed E-state index contributed by atoms with van der Waals surface area (Å²) in [4.78, 5) is 6.86. The minimum atomic E-state index is 0.248. The molecule has 0 fully saturated rings. The molecular weight excluding hydrogens is 218 g/mol. The van der Waals surface area contributed by atoms with Gasteiger partial charge in [-0.2, -0.15) is 0 Å². The number of anilines is 1. The summed E-state index contributed by atoms with van der Waals surface area (Å²) in [6, 6.07) is 3.85. The Kier molecular flexibility index (Phi) is 3.86. The van der Waals surface area contributed by atoms with Crippen LogP contribution in [0, 0.1) is 5.41 Å². The summed E-state index contributed by atoms with van der Waals surface area (Å²) in [7, 11) is 2.04. The fourth-order valence-electron chi connectivity index (χ4n) is 1.55. The summed E-state index contributed by atoms with van der Waals surface area (Å²) in [6.07, 6.45) is 1.72. The number of rotatable bonds is 3. The standard InChI is InChI=1S/C12H19N3S/c1-12(2,3)8-15(4)10-6-5-9(7-14-10)11(13)16/h5-7H,8H2,1-4H3,(H2,13,16). The summed E-state index contributed by atoms with van der Waals surface area (Å²) in [6.45, 7) is 7.55. The maximum Gasteiger partial charge on any atom is 0.128 e. The summed E-state index contributed by atoms with van der Waals surface area (Å²) in [5.74, 6) is 0.940. The van der Waals surface area contributed by atoms with Gasteiger partial charge in [-0.15, -0.1) is 0 Å². The molecule has 0 aromatic carbocycles. The number of nitrogens with two attached hydrogens (primary N) is 1. The summed E-state index contributed by atoms with van der Waals surface area (Å²) in [5, 5.41) is 0. The summed E-state index contributed by atoms with van der Waals surface area (Å²) < 4.78 is 0. The SMILES string of the molecule is CN(CC(C)(C)C)c1ccc(C(N)=S)cn1. The lowest BCUT2D eigenvalue weighted by Crippen LogP contribution is -2.29. The van der Waals surface area contributed by atoms with Crippen LogP contribution in [0.2, 0.25) is 0 Å². The molecule has 1 aromatic heterocycles. The van der Waals surface area contributed by atoms with Crippen molar-refractivity contribution < 1.29 is 0 Å². The maximum atomic E-state index is 5.52. The van der Waals surface area contributed by atoms with E-state index in [2.05, 4.69) is 30.7 Å². The normalized spacial score (nSPS) is 11.2. The van der Waals surface area contributed by atoms with Crippen LogP contribution in [-0.4, -0.2) is 23.6 Å². The number of pyridine rings is 1. The van der Waals surface area contributed by atoms with Gasteiger partial charge in [0.2, 0.25) is 0 Å². The Bertz CT molecular complexity index is 365. The second kappa shape index (κ2) is 4.78. The van der Waals surface area contributed by atoms with E-state index in [0.717, 1.165) is 17.9 Å². The molecule has 4 heteroatoms. The first-order valence-corrected chi connectivity index (χ1v) is 5.67. The largest absolute Gasteiger partial charge is 0.389 e. The predicted octanol–water partition coefficient (Wildman–Crippen LogP) is 2.20. The Morgan fingerprint density at radius 1 is 1.44 bits per heavy atom. The van der Waals surface area contributed by atoms with E-state index in [9.17, 15) is 0 Å². The molecule has 16 heavy (non-hydrogen) atoms. The minimum Gasteiger partial charge on any atom is -0.389 e. The highest BCUT2D eigenvalue weighted by Gasteiger charge is 2.14. The molecule has 0 amide bonds.